The van der Waals surface area contributed by atoms with Gasteiger partial charge >= 0.3 is 0 Å². The molecule has 4 heteroatoms. The van der Waals surface area contributed by atoms with Crippen LogP contribution in [0, 0.1) is 0 Å². The Kier molecular flexibility index (Phi) is 5.65. The molecule has 3 nitrogen and oxygen atoms in total. The number of thiocarbonyl (C=S) groups is 1. The number of nitrogens with zero attached hydrogens (tertiary/aromatic N) is 1. The van der Waals surface area contributed by atoms with Crippen molar-refractivity contribution in [2.75, 3.05) is 18.5 Å². The molecule has 110 valence electrons. The summed E-state index contributed by atoms with van der Waals surface area (Å²) >= 11 is 5.57. The van der Waals surface area contributed by atoms with Gasteiger partial charge in [-0.3, -0.25) is 0 Å². The summed E-state index contributed by atoms with van der Waals surface area (Å²) in [5, 5.41) is 4.19. The number of benzene rings is 1. The van der Waals surface area contributed by atoms with E-state index in [-0.39, 0.29) is 0 Å². The minimum absolute atomic E-state index is 0.589. The highest BCUT2D eigenvalue weighted by molar-refractivity contribution is 7.80. The first-order valence-electron chi connectivity index (χ1n) is 7.55. The Morgan fingerprint density at radius 3 is 2.70 bits per heavy atom. The second kappa shape index (κ2) is 7.48. The summed E-state index contributed by atoms with van der Waals surface area (Å²) < 4.78 is 5.45. The van der Waals surface area contributed by atoms with E-state index in [0.29, 0.717) is 12.6 Å². The molecule has 1 aromatic rings. The zero-order valence-corrected chi connectivity index (χ0v) is 13.2. The van der Waals surface area contributed by atoms with E-state index in [1.165, 1.54) is 19.3 Å². The van der Waals surface area contributed by atoms with E-state index in [2.05, 4.69) is 17.1 Å². The first-order chi connectivity index (χ1) is 9.74. The first kappa shape index (κ1) is 15.1. The lowest BCUT2D eigenvalue weighted by molar-refractivity contribution is 0.239. The molecule has 0 saturated carbocycles. The third kappa shape index (κ3) is 3.85. The van der Waals surface area contributed by atoms with Gasteiger partial charge in [-0.2, -0.15) is 0 Å². The maximum atomic E-state index is 5.57. The highest BCUT2D eigenvalue weighted by Crippen LogP contribution is 2.21. The highest BCUT2D eigenvalue weighted by Gasteiger charge is 2.22. The van der Waals surface area contributed by atoms with Crippen molar-refractivity contribution in [3.63, 3.8) is 0 Å². The number of piperidine rings is 1. The van der Waals surface area contributed by atoms with Crippen molar-refractivity contribution in [3.05, 3.63) is 24.3 Å². The normalized spacial score (nSPS) is 18.7. The largest absolute Gasteiger partial charge is 0.494 e. The predicted octanol–water partition coefficient (Wildman–Crippen LogP) is 4.05. The standard InChI is InChI=1S/C16H24N2OS/c1-3-14-7-5-6-12-18(14)16(20)17-13-8-10-15(11-9-13)19-4-2/h8-11,14H,3-7,12H2,1-2H3,(H,17,20). The van der Waals surface area contributed by atoms with E-state index in [1.807, 2.05) is 31.2 Å². The summed E-state index contributed by atoms with van der Waals surface area (Å²) in [5.74, 6) is 0.897. The van der Waals surface area contributed by atoms with Gasteiger partial charge in [0.15, 0.2) is 5.11 Å². The summed E-state index contributed by atoms with van der Waals surface area (Å²) in [6, 6.07) is 8.57. The maximum Gasteiger partial charge on any atom is 0.173 e. The van der Waals surface area contributed by atoms with Gasteiger partial charge in [0.05, 0.1) is 6.61 Å². The summed E-state index contributed by atoms with van der Waals surface area (Å²) in [6.07, 6.45) is 4.97. The van der Waals surface area contributed by atoms with Crippen molar-refractivity contribution in [3.8, 4) is 5.75 Å². The van der Waals surface area contributed by atoms with Crippen LogP contribution in [0.5, 0.6) is 5.75 Å². The topological polar surface area (TPSA) is 24.5 Å². The fourth-order valence-corrected chi connectivity index (χ4v) is 3.05. The molecule has 0 amide bonds. The molecule has 0 radical (unpaired) electrons. The van der Waals surface area contributed by atoms with Gasteiger partial charge in [0.2, 0.25) is 0 Å². The molecule has 0 aromatic heterocycles. The molecule has 1 N–H and O–H groups in total. The van der Waals surface area contributed by atoms with Gasteiger partial charge in [-0.05, 0) is 69.1 Å². The monoisotopic (exact) mass is 292 g/mol. The Balaban J connectivity index is 1.96. The number of likely N-dealkylation sites (tertiary alicyclic amines) is 1. The van der Waals surface area contributed by atoms with Gasteiger partial charge in [-0.15, -0.1) is 0 Å². The van der Waals surface area contributed by atoms with Crippen LogP contribution in [0.3, 0.4) is 0 Å². The van der Waals surface area contributed by atoms with Gasteiger partial charge in [0.25, 0.3) is 0 Å². The number of ether oxygens (including phenoxy) is 1. The smallest absolute Gasteiger partial charge is 0.173 e. The molecule has 0 spiro atoms. The van der Waals surface area contributed by atoms with E-state index in [9.17, 15) is 0 Å². The molecule has 1 aliphatic heterocycles. The second-order valence-corrected chi connectivity index (χ2v) is 5.53. The Hall–Kier alpha value is -1.29. The molecule has 1 atom stereocenters. The third-order valence-corrected chi connectivity index (χ3v) is 4.11. The Labute approximate surface area is 127 Å². The average Bonchev–Trinajstić information content (AvgIpc) is 2.49. The van der Waals surface area contributed by atoms with E-state index < -0.39 is 0 Å². The summed E-state index contributed by atoms with van der Waals surface area (Å²) in [5.41, 5.74) is 1.03. The molecule has 0 aliphatic carbocycles. The quantitative estimate of drug-likeness (QED) is 0.846. The van der Waals surface area contributed by atoms with Crippen molar-refractivity contribution in [1.82, 2.24) is 4.90 Å². The van der Waals surface area contributed by atoms with Gasteiger partial charge in [-0.25, -0.2) is 0 Å². The molecule has 1 heterocycles. The Bertz CT molecular complexity index is 433. The van der Waals surface area contributed by atoms with Crippen LogP contribution >= 0.6 is 12.2 Å². The van der Waals surface area contributed by atoms with Crippen molar-refractivity contribution in [2.24, 2.45) is 0 Å². The molecule has 0 bridgehead atoms. The maximum absolute atomic E-state index is 5.57. The Morgan fingerprint density at radius 2 is 2.05 bits per heavy atom. The number of rotatable bonds is 4. The SMILES string of the molecule is CCOc1ccc(NC(=S)N2CCCCC2CC)cc1. The number of hydrogen-bond donors (Lipinski definition) is 1. The molecule has 1 fully saturated rings. The molecular formula is C16H24N2OS. The third-order valence-electron chi connectivity index (χ3n) is 3.78. The van der Waals surface area contributed by atoms with Crippen LogP contribution in [0.2, 0.25) is 0 Å². The lowest BCUT2D eigenvalue weighted by Crippen LogP contribution is -2.45. The fourth-order valence-electron chi connectivity index (χ4n) is 2.69. The molecular weight excluding hydrogens is 268 g/mol. The summed E-state index contributed by atoms with van der Waals surface area (Å²) in [6.45, 7) is 5.99. The van der Waals surface area contributed by atoms with Crippen LogP contribution in [0.25, 0.3) is 0 Å². The van der Waals surface area contributed by atoms with Gasteiger partial charge < -0.3 is 15.0 Å². The first-order valence-corrected chi connectivity index (χ1v) is 7.96. The van der Waals surface area contributed by atoms with Crippen LogP contribution < -0.4 is 10.1 Å². The van der Waals surface area contributed by atoms with E-state index in [4.69, 9.17) is 17.0 Å². The van der Waals surface area contributed by atoms with E-state index >= 15 is 0 Å². The lowest BCUT2D eigenvalue weighted by atomic mass is 10.0. The van der Waals surface area contributed by atoms with Crippen LogP contribution in [0.15, 0.2) is 24.3 Å². The minimum atomic E-state index is 0.589. The lowest BCUT2D eigenvalue weighted by Gasteiger charge is -2.37. The van der Waals surface area contributed by atoms with E-state index in [1.54, 1.807) is 0 Å². The van der Waals surface area contributed by atoms with Crippen LogP contribution in [-0.2, 0) is 0 Å². The summed E-state index contributed by atoms with van der Waals surface area (Å²) in [7, 11) is 0. The fraction of sp³-hybridized carbons (Fsp3) is 0.562. The number of hydrogen-bond acceptors (Lipinski definition) is 2. The summed E-state index contributed by atoms with van der Waals surface area (Å²) in [4.78, 5) is 2.34. The highest BCUT2D eigenvalue weighted by atomic mass is 32.1. The Morgan fingerprint density at radius 1 is 1.30 bits per heavy atom. The average molecular weight is 292 g/mol. The predicted molar refractivity (Wildman–Crippen MR) is 88.5 cm³/mol. The molecule has 1 unspecified atom stereocenters. The molecule has 1 aromatic carbocycles. The molecule has 2 rings (SSSR count). The van der Waals surface area contributed by atoms with Crippen molar-refractivity contribution in [1.29, 1.82) is 0 Å². The van der Waals surface area contributed by atoms with Crippen molar-refractivity contribution >= 4 is 23.0 Å². The van der Waals surface area contributed by atoms with Crippen LogP contribution in [-0.4, -0.2) is 29.2 Å². The van der Waals surface area contributed by atoms with Gasteiger partial charge in [0.1, 0.15) is 5.75 Å². The molecule has 1 saturated heterocycles. The van der Waals surface area contributed by atoms with Crippen molar-refractivity contribution in [2.45, 2.75) is 45.6 Å². The number of anilines is 1. The van der Waals surface area contributed by atoms with Gasteiger partial charge in [-0.1, -0.05) is 6.92 Å². The van der Waals surface area contributed by atoms with Gasteiger partial charge in [0, 0.05) is 18.3 Å². The zero-order valence-electron chi connectivity index (χ0n) is 12.4. The van der Waals surface area contributed by atoms with Crippen molar-refractivity contribution < 1.29 is 4.74 Å². The van der Waals surface area contributed by atoms with E-state index in [0.717, 1.165) is 29.5 Å². The number of nitrogens with one attached hydrogen (secondary N) is 1. The minimum Gasteiger partial charge on any atom is -0.494 e. The van der Waals surface area contributed by atoms with Crippen LogP contribution in [0.1, 0.15) is 39.5 Å². The van der Waals surface area contributed by atoms with Crippen LogP contribution in [0.4, 0.5) is 5.69 Å². The zero-order chi connectivity index (χ0) is 14.4. The second-order valence-electron chi connectivity index (χ2n) is 5.14. The molecule has 20 heavy (non-hydrogen) atoms. The molecule has 1 aliphatic rings.